The van der Waals surface area contributed by atoms with Gasteiger partial charge in [0.15, 0.2) is 6.19 Å². The molecule has 1 aliphatic heterocycles. The largest absolute Gasteiger partial charge is 0.336 e. The number of benzene rings is 2. The van der Waals surface area contributed by atoms with E-state index in [2.05, 4.69) is 53.4 Å². The van der Waals surface area contributed by atoms with Crippen LogP contribution in [0.4, 0.5) is 10.5 Å². The third kappa shape index (κ3) is 5.72. The number of anilines is 1. The normalized spacial score (nSPS) is 18.6. The molecule has 0 bridgehead atoms. The highest BCUT2D eigenvalue weighted by molar-refractivity contribution is 9.11. The fourth-order valence-corrected chi connectivity index (χ4v) is 5.93. The smallest absolute Gasteiger partial charge is 0.319 e. The van der Waals surface area contributed by atoms with Gasteiger partial charge in [0.2, 0.25) is 10.0 Å². The van der Waals surface area contributed by atoms with Gasteiger partial charge in [0, 0.05) is 33.8 Å². The first-order chi connectivity index (χ1) is 14.3. The number of halogens is 2. The monoisotopic (exact) mass is 555 g/mol. The minimum atomic E-state index is -3.79. The minimum Gasteiger partial charge on any atom is -0.336 e. The second-order valence-electron chi connectivity index (χ2n) is 6.74. The molecule has 0 aliphatic carbocycles. The maximum absolute atomic E-state index is 12.8. The molecule has 1 fully saturated rings. The molecule has 1 aliphatic rings. The number of urea groups is 1. The topological polar surface area (TPSA) is 114 Å². The van der Waals surface area contributed by atoms with Gasteiger partial charge in [-0.25, -0.2) is 17.9 Å². The number of para-hydroxylation sites is 1. The number of hydrogen-bond acceptors (Lipinski definition) is 5. The van der Waals surface area contributed by atoms with Crippen molar-refractivity contribution in [3.63, 3.8) is 0 Å². The van der Waals surface area contributed by atoms with Crippen molar-refractivity contribution >= 4 is 53.6 Å². The second kappa shape index (κ2) is 9.78. The summed E-state index contributed by atoms with van der Waals surface area (Å²) in [6, 6.07) is 12.7. The van der Waals surface area contributed by atoms with E-state index in [-0.39, 0.29) is 30.1 Å². The maximum atomic E-state index is 12.8. The molecule has 1 heterocycles. The zero-order valence-corrected chi connectivity index (χ0v) is 19.7. The molecule has 3 N–H and O–H groups in total. The summed E-state index contributed by atoms with van der Waals surface area (Å²) in [4.78, 5) is 13.7. The Morgan fingerprint density at radius 2 is 1.93 bits per heavy atom. The molecular formula is C19H19Br2N5O3S. The Bertz CT molecular complexity index is 1060. The van der Waals surface area contributed by atoms with E-state index in [1.807, 2.05) is 18.2 Å². The van der Waals surface area contributed by atoms with Crippen LogP contribution in [0.3, 0.4) is 0 Å². The lowest BCUT2D eigenvalue weighted by Crippen LogP contribution is -2.39. The van der Waals surface area contributed by atoms with Gasteiger partial charge >= 0.3 is 6.03 Å². The highest BCUT2D eigenvalue weighted by atomic mass is 79.9. The Kier molecular flexibility index (Phi) is 7.36. The third-order valence-electron chi connectivity index (χ3n) is 4.58. The van der Waals surface area contributed by atoms with E-state index in [0.29, 0.717) is 21.1 Å². The van der Waals surface area contributed by atoms with Gasteiger partial charge in [-0.3, -0.25) is 0 Å². The van der Waals surface area contributed by atoms with Crippen molar-refractivity contribution in [2.45, 2.75) is 23.4 Å². The lowest BCUT2D eigenvalue weighted by molar-refractivity contribution is 0.248. The number of carbonyl (C=O) groups is 1. The molecule has 2 aromatic rings. The molecule has 11 heteroatoms. The summed E-state index contributed by atoms with van der Waals surface area (Å²) >= 11 is 6.54. The van der Waals surface area contributed by atoms with Crippen LogP contribution in [0.2, 0.25) is 0 Å². The molecule has 3 rings (SSSR count). The van der Waals surface area contributed by atoms with Gasteiger partial charge in [-0.05, 0) is 52.7 Å². The number of likely N-dealkylation sites (tertiary alicyclic amines) is 1. The zero-order chi connectivity index (χ0) is 21.7. The lowest BCUT2D eigenvalue weighted by Gasteiger charge is -2.18. The van der Waals surface area contributed by atoms with Crippen LogP contribution in [0.25, 0.3) is 0 Å². The summed E-state index contributed by atoms with van der Waals surface area (Å²) in [7, 11) is -3.79. The molecular weight excluding hydrogens is 538 g/mol. The van der Waals surface area contributed by atoms with E-state index in [0.717, 1.165) is 0 Å². The average Bonchev–Trinajstić information content (AvgIpc) is 3.10. The first kappa shape index (κ1) is 22.6. The van der Waals surface area contributed by atoms with Gasteiger partial charge in [-0.1, -0.05) is 34.1 Å². The van der Waals surface area contributed by atoms with E-state index >= 15 is 0 Å². The Hall–Kier alpha value is -2.13. The van der Waals surface area contributed by atoms with Crippen LogP contribution in [0.15, 0.2) is 62.4 Å². The molecule has 0 aromatic heterocycles. The first-order valence-electron chi connectivity index (χ1n) is 9.02. The van der Waals surface area contributed by atoms with Gasteiger partial charge in [0.1, 0.15) is 0 Å². The van der Waals surface area contributed by atoms with Crippen molar-refractivity contribution in [2.24, 2.45) is 0 Å². The van der Waals surface area contributed by atoms with E-state index < -0.39 is 16.1 Å². The van der Waals surface area contributed by atoms with Crippen LogP contribution >= 0.6 is 31.9 Å². The van der Waals surface area contributed by atoms with Crippen LogP contribution in [-0.2, 0) is 10.0 Å². The van der Waals surface area contributed by atoms with E-state index in [1.165, 1.54) is 11.0 Å². The van der Waals surface area contributed by atoms with Crippen LogP contribution in [0.1, 0.15) is 6.42 Å². The fraction of sp³-hybridized carbons (Fsp3) is 0.263. The molecule has 0 radical (unpaired) electrons. The Balaban J connectivity index is 1.60. The molecule has 0 unspecified atom stereocenters. The molecule has 158 valence electrons. The molecule has 2 amide bonds. The highest BCUT2D eigenvalue weighted by Gasteiger charge is 2.35. The van der Waals surface area contributed by atoms with Gasteiger partial charge in [-0.2, -0.15) is 5.26 Å². The summed E-state index contributed by atoms with van der Waals surface area (Å²) < 4.78 is 29.3. The molecule has 2 atom stereocenters. The number of nitrogens with one attached hydrogen (secondary N) is 3. The van der Waals surface area contributed by atoms with Gasteiger partial charge in [-0.15, -0.1) is 0 Å². The molecule has 0 saturated carbocycles. The molecule has 8 nitrogen and oxygen atoms in total. The van der Waals surface area contributed by atoms with Crippen LogP contribution in [-0.4, -0.2) is 44.5 Å². The number of carbonyl (C=O) groups excluding carboxylic acids is 1. The fourth-order valence-electron chi connectivity index (χ4n) is 3.19. The quantitative estimate of drug-likeness (QED) is 0.473. The average molecular weight is 557 g/mol. The Morgan fingerprint density at radius 3 is 2.63 bits per heavy atom. The SMILES string of the molecule is N#CN1C[C@H](NS(=O)(=O)c2cc(Br)ccc2Br)C[C@@H]1CNC(=O)Nc1ccccc1. The van der Waals surface area contributed by atoms with Crippen LogP contribution < -0.4 is 15.4 Å². The van der Waals surface area contributed by atoms with Crippen molar-refractivity contribution in [2.75, 3.05) is 18.4 Å². The summed E-state index contributed by atoms with van der Waals surface area (Å²) in [6.07, 6.45) is 2.47. The Labute approximate surface area is 191 Å². The van der Waals surface area contributed by atoms with Gasteiger partial charge in [0.25, 0.3) is 0 Å². The summed E-state index contributed by atoms with van der Waals surface area (Å²) in [5.74, 6) is 0. The summed E-state index contributed by atoms with van der Waals surface area (Å²) in [6.45, 7) is 0.443. The third-order valence-corrected chi connectivity index (χ3v) is 7.59. The van der Waals surface area contributed by atoms with Gasteiger partial charge in [0.05, 0.1) is 10.9 Å². The van der Waals surface area contributed by atoms with Gasteiger partial charge < -0.3 is 15.5 Å². The van der Waals surface area contributed by atoms with Crippen LogP contribution in [0, 0.1) is 11.5 Å². The van der Waals surface area contributed by atoms with Crippen molar-refractivity contribution < 1.29 is 13.2 Å². The lowest BCUT2D eigenvalue weighted by atomic mass is 10.2. The van der Waals surface area contributed by atoms with E-state index in [9.17, 15) is 18.5 Å². The van der Waals surface area contributed by atoms with Crippen molar-refractivity contribution in [1.82, 2.24) is 14.9 Å². The molecule has 1 saturated heterocycles. The van der Waals surface area contributed by atoms with Crippen LogP contribution in [0.5, 0.6) is 0 Å². The van der Waals surface area contributed by atoms with Crippen molar-refractivity contribution in [3.8, 4) is 6.19 Å². The predicted molar refractivity (Wildman–Crippen MR) is 120 cm³/mol. The van der Waals surface area contributed by atoms with E-state index in [1.54, 1.807) is 24.3 Å². The van der Waals surface area contributed by atoms with E-state index in [4.69, 9.17) is 0 Å². The number of hydrogen-bond donors (Lipinski definition) is 3. The number of sulfonamides is 1. The molecule has 2 aromatic carbocycles. The number of nitriles is 1. The zero-order valence-electron chi connectivity index (χ0n) is 15.7. The Morgan fingerprint density at radius 1 is 1.20 bits per heavy atom. The highest BCUT2D eigenvalue weighted by Crippen LogP contribution is 2.27. The number of rotatable bonds is 6. The maximum Gasteiger partial charge on any atom is 0.319 e. The second-order valence-corrected chi connectivity index (χ2v) is 10.2. The number of nitrogens with zero attached hydrogens (tertiary/aromatic N) is 2. The minimum absolute atomic E-state index is 0.115. The summed E-state index contributed by atoms with van der Waals surface area (Å²) in [5.41, 5.74) is 0.656. The molecule has 0 spiro atoms. The standard InChI is InChI=1S/C19H19Br2N5O3S/c20-13-6-7-17(21)18(8-13)30(28,29)25-15-9-16(26(11-15)12-22)10-23-19(27)24-14-4-2-1-3-5-14/h1-8,15-16,25H,9-11H2,(H2,23,24,27)/t15-,16-/m1/s1. The van der Waals surface area contributed by atoms with Crippen molar-refractivity contribution in [1.29, 1.82) is 5.26 Å². The predicted octanol–water partition coefficient (Wildman–Crippen LogP) is 3.24. The molecule has 30 heavy (non-hydrogen) atoms. The van der Waals surface area contributed by atoms with Crippen molar-refractivity contribution in [3.05, 3.63) is 57.5 Å². The summed E-state index contributed by atoms with van der Waals surface area (Å²) in [5, 5.41) is 14.9. The number of amides is 2. The first-order valence-corrected chi connectivity index (χ1v) is 12.1.